The largest absolute Gasteiger partial charge is 0.490 e. The quantitative estimate of drug-likeness (QED) is 0.550. The van der Waals surface area contributed by atoms with Gasteiger partial charge >= 0.3 is 12.1 Å². The first-order valence-corrected chi connectivity index (χ1v) is 12.0. The lowest BCUT2D eigenvalue weighted by Gasteiger charge is -2.47. The number of aromatic nitrogens is 3. The molecule has 0 radical (unpaired) electrons. The maximum absolute atomic E-state index is 13.2. The van der Waals surface area contributed by atoms with E-state index in [1.54, 1.807) is 12.3 Å². The Morgan fingerprint density at radius 3 is 2.46 bits per heavy atom. The Bertz CT molecular complexity index is 1260. The second-order valence-corrected chi connectivity index (χ2v) is 9.47. The van der Waals surface area contributed by atoms with Crippen LogP contribution in [-0.2, 0) is 10.3 Å². The Hall–Kier alpha value is -3.89. The Morgan fingerprint density at radius 1 is 1.08 bits per heavy atom. The summed E-state index contributed by atoms with van der Waals surface area (Å²) in [5.41, 5.74) is 2.62. The van der Waals surface area contributed by atoms with Crippen molar-refractivity contribution in [2.45, 2.75) is 38.4 Å². The van der Waals surface area contributed by atoms with Crippen LogP contribution in [0.1, 0.15) is 42.9 Å². The number of hydrogen-bond donors (Lipinski definition) is 1. The number of rotatable bonds is 4. The number of halogens is 3. The monoisotopic (exact) mass is 515 g/mol. The first-order chi connectivity index (χ1) is 17.5. The summed E-state index contributed by atoms with van der Waals surface area (Å²) in [4.78, 5) is 35.5. The molecule has 1 amide bonds. The van der Waals surface area contributed by atoms with Crippen LogP contribution in [0.3, 0.4) is 0 Å². The van der Waals surface area contributed by atoms with E-state index in [-0.39, 0.29) is 11.4 Å². The van der Waals surface area contributed by atoms with Gasteiger partial charge in [0.2, 0.25) is 0 Å². The number of fused-ring (bicyclic) bond motifs is 4. The first-order valence-electron chi connectivity index (χ1n) is 12.0. The zero-order valence-corrected chi connectivity index (χ0v) is 20.5. The summed E-state index contributed by atoms with van der Waals surface area (Å²) in [6.45, 7) is 6.82. The molecular formula is C26H28F3N5O3. The number of nitrogens with zero attached hydrogens (tertiary/aromatic N) is 5. The van der Waals surface area contributed by atoms with Gasteiger partial charge in [0.1, 0.15) is 11.2 Å². The fourth-order valence-corrected chi connectivity index (χ4v) is 4.87. The van der Waals surface area contributed by atoms with Crippen molar-refractivity contribution in [1.82, 2.24) is 19.4 Å². The van der Waals surface area contributed by atoms with Crippen molar-refractivity contribution in [2.75, 3.05) is 24.5 Å². The van der Waals surface area contributed by atoms with Gasteiger partial charge in [-0.05, 0) is 55.2 Å². The molecule has 0 saturated carbocycles. The van der Waals surface area contributed by atoms with E-state index in [2.05, 4.69) is 52.7 Å². The smallest absolute Gasteiger partial charge is 0.475 e. The molecule has 1 atom stereocenters. The number of alkyl halides is 3. The van der Waals surface area contributed by atoms with Crippen molar-refractivity contribution < 1.29 is 27.9 Å². The minimum atomic E-state index is -5.08. The zero-order valence-electron chi connectivity index (χ0n) is 20.5. The lowest BCUT2D eigenvalue weighted by atomic mass is 9.88. The van der Waals surface area contributed by atoms with Crippen molar-refractivity contribution in [3.05, 3.63) is 72.4 Å². The van der Waals surface area contributed by atoms with Gasteiger partial charge in [0.15, 0.2) is 5.82 Å². The topological polar surface area (TPSA) is 91.6 Å². The second kappa shape index (κ2) is 10.2. The van der Waals surface area contributed by atoms with Crippen LogP contribution in [0.15, 0.2) is 61.1 Å². The van der Waals surface area contributed by atoms with Gasteiger partial charge in [-0.1, -0.05) is 19.9 Å². The van der Waals surface area contributed by atoms with Crippen LogP contribution in [-0.4, -0.2) is 62.2 Å². The van der Waals surface area contributed by atoms with Crippen molar-refractivity contribution in [3.63, 3.8) is 0 Å². The molecule has 11 heteroatoms. The van der Waals surface area contributed by atoms with Gasteiger partial charge in [-0.25, -0.2) is 9.78 Å². The number of carboxylic acids is 1. The molecule has 2 aliphatic rings. The Balaban J connectivity index is 0.000000405. The molecule has 8 nitrogen and oxygen atoms in total. The highest BCUT2D eigenvalue weighted by Gasteiger charge is 2.50. The van der Waals surface area contributed by atoms with E-state index in [4.69, 9.17) is 14.9 Å². The molecule has 1 saturated heterocycles. The number of anilines is 1. The molecule has 37 heavy (non-hydrogen) atoms. The molecule has 196 valence electrons. The summed E-state index contributed by atoms with van der Waals surface area (Å²) in [5.74, 6) is -1.18. The molecule has 3 aromatic heterocycles. The minimum absolute atomic E-state index is 0.00590. The standard InChI is InChI=1S/C24H27N5O.C2HF3O2/c1-18(2)10-15-29-20-8-5-13-26-22(20)28-14-6-9-21(28)24(29)11-16-27(17-24)23(30)19-7-3-4-12-25-19;3-2(4,5)1(6)7/h3-9,12-14,18H,10-11,15-17H2,1-2H3;(H,6,7). The molecule has 5 heterocycles. The number of carbonyl (C=O) groups excluding carboxylic acids is 1. The molecule has 1 fully saturated rings. The predicted molar refractivity (Wildman–Crippen MR) is 130 cm³/mol. The summed E-state index contributed by atoms with van der Waals surface area (Å²) in [6, 6.07) is 14.0. The van der Waals surface area contributed by atoms with E-state index in [0.29, 0.717) is 24.7 Å². The highest BCUT2D eigenvalue weighted by atomic mass is 19.4. The van der Waals surface area contributed by atoms with Crippen LogP contribution in [0, 0.1) is 5.92 Å². The van der Waals surface area contributed by atoms with Crippen LogP contribution in [0.5, 0.6) is 0 Å². The number of carbonyl (C=O) groups is 2. The van der Waals surface area contributed by atoms with E-state index in [0.717, 1.165) is 30.9 Å². The molecule has 0 bridgehead atoms. The van der Waals surface area contributed by atoms with E-state index in [1.165, 1.54) is 5.69 Å². The number of hydrogen-bond acceptors (Lipinski definition) is 5. The molecule has 0 aliphatic carbocycles. The van der Waals surface area contributed by atoms with Gasteiger partial charge in [-0.3, -0.25) is 9.78 Å². The number of aliphatic carboxylic acids is 1. The molecule has 3 aromatic rings. The van der Waals surface area contributed by atoms with E-state index >= 15 is 0 Å². The second-order valence-electron chi connectivity index (χ2n) is 9.47. The van der Waals surface area contributed by atoms with E-state index in [9.17, 15) is 18.0 Å². The predicted octanol–water partition coefficient (Wildman–Crippen LogP) is 4.51. The third kappa shape index (κ3) is 5.16. The number of carboxylic acid groups (broad SMARTS) is 1. The molecule has 2 aliphatic heterocycles. The highest BCUT2D eigenvalue weighted by molar-refractivity contribution is 5.92. The fraction of sp³-hybridized carbons (Fsp3) is 0.385. The van der Waals surface area contributed by atoms with Gasteiger partial charge in [0.05, 0.1) is 11.4 Å². The van der Waals surface area contributed by atoms with Crippen molar-refractivity contribution in [1.29, 1.82) is 0 Å². The average molecular weight is 516 g/mol. The van der Waals surface area contributed by atoms with Gasteiger partial charge in [-0.15, -0.1) is 0 Å². The zero-order chi connectivity index (χ0) is 26.8. The highest BCUT2D eigenvalue weighted by Crippen LogP contribution is 2.47. The Labute approximate surface area is 212 Å². The summed E-state index contributed by atoms with van der Waals surface area (Å²) in [6.07, 6.45) is 2.52. The maximum atomic E-state index is 13.2. The van der Waals surface area contributed by atoms with Gasteiger partial charge in [0, 0.05) is 38.2 Å². The minimum Gasteiger partial charge on any atom is -0.475 e. The lowest BCUT2D eigenvalue weighted by Crippen LogP contribution is -2.53. The number of pyridine rings is 2. The van der Waals surface area contributed by atoms with Gasteiger partial charge in [0.25, 0.3) is 5.91 Å². The van der Waals surface area contributed by atoms with Crippen LogP contribution < -0.4 is 4.90 Å². The summed E-state index contributed by atoms with van der Waals surface area (Å²) < 4.78 is 33.9. The average Bonchev–Trinajstić information content (AvgIpc) is 3.53. The lowest BCUT2D eigenvalue weighted by molar-refractivity contribution is -0.192. The molecular weight excluding hydrogens is 487 g/mol. The Kier molecular flexibility index (Phi) is 7.24. The van der Waals surface area contributed by atoms with Crippen molar-refractivity contribution in [2.24, 2.45) is 5.92 Å². The number of likely N-dealkylation sites (tertiary alicyclic amines) is 1. The van der Waals surface area contributed by atoms with Crippen molar-refractivity contribution >= 4 is 17.6 Å². The summed E-state index contributed by atoms with van der Waals surface area (Å²) >= 11 is 0. The molecule has 0 aromatic carbocycles. The third-order valence-electron chi connectivity index (χ3n) is 6.62. The van der Waals surface area contributed by atoms with Gasteiger partial charge in [-0.2, -0.15) is 13.2 Å². The molecule has 1 N–H and O–H groups in total. The van der Waals surface area contributed by atoms with Crippen LogP contribution in [0.4, 0.5) is 18.9 Å². The Morgan fingerprint density at radius 2 is 1.81 bits per heavy atom. The first kappa shape index (κ1) is 26.2. The van der Waals surface area contributed by atoms with E-state index in [1.807, 2.05) is 29.3 Å². The van der Waals surface area contributed by atoms with Crippen LogP contribution in [0.2, 0.25) is 0 Å². The van der Waals surface area contributed by atoms with E-state index < -0.39 is 12.1 Å². The fourth-order valence-electron chi connectivity index (χ4n) is 4.87. The summed E-state index contributed by atoms with van der Waals surface area (Å²) in [7, 11) is 0. The maximum Gasteiger partial charge on any atom is 0.490 e. The van der Waals surface area contributed by atoms with Crippen LogP contribution in [0.25, 0.3) is 5.82 Å². The normalized spacial score (nSPS) is 18.3. The van der Waals surface area contributed by atoms with Crippen LogP contribution >= 0.6 is 0 Å². The number of amides is 1. The third-order valence-corrected chi connectivity index (χ3v) is 6.62. The summed E-state index contributed by atoms with van der Waals surface area (Å²) in [5, 5.41) is 7.12. The molecule has 1 unspecified atom stereocenters. The molecule has 5 rings (SSSR count). The molecule has 1 spiro atoms. The van der Waals surface area contributed by atoms with Crippen molar-refractivity contribution in [3.8, 4) is 5.82 Å². The SMILES string of the molecule is CC(C)CCN1c2cccnc2-n2cccc2C12CCN(C(=O)c1ccccn1)C2.O=C(O)C(F)(F)F. The van der Waals surface area contributed by atoms with Gasteiger partial charge < -0.3 is 19.5 Å².